The van der Waals surface area contributed by atoms with Crippen molar-refractivity contribution in [3.05, 3.63) is 271 Å². The summed E-state index contributed by atoms with van der Waals surface area (Å²) in [6.07, 6.45) is 0. The van der Waals surface area contributed by atoms with Crippen LogP contribution in [0.3, 0.4) is 0 Å². The van der Waals surface area contributed by atoms with Gasteiger partial charge in [-0.3, -0.25) is 0 Å². The summed E-state index contributed by atoms with van der Waals surface area (Å²) < 4.78 is 7.29. The lowest BCUT2D eigenvalue weighted by molar-refractivity contribution is 1.16. The van der Waals surface area contributed by atoms with Gasteiger partial charge in [0, 0.05) is 66.1 Å². The average Bonchev–Trinajstić information content (AvgIpc) is 4.30. The molecule has 0 unspecified atom stereocenters. The summed E-state index contributed by atoms with van der Waals surface area (Å²) in [7, 11) is 0. The van der Waals surface area contributed by atoms with Crippen LogP contribution in [0.15, 0.2) is 249 Å². The van der Waals surface area contributed by atoms with Gasteiger partial charge in [0.1, 0.15) is 0 Å². The summed E-state index contributed by atoms with van der Waals surface area (Å²) in [4.78, 5) is 10.2. The van der Waals surface area contributed by atoms with E-state index in [1.165, 1.54) is 98.9 Å². The first-order valence-electron chi connectivity index (χ1n) is 27.2. The van der Waals surface area contributed by atoms with E-state index in [0.717, 1.165) is 62.0 Å². The molecule has 0 saturated heterocycles. The number of nitrogens with zero attached hydrogens (tertiary/aromatic N) is 5. The molecule has 0 aliphatic rings. The van der Waals surface area contributed by atoms with Gasteiger partial charge in [-0.2, -0.15) is 0 Å². The van der Waals surface area contributed by atoms with Gasteiger partial charge in [-0.1, -0.05) is 169 Å². The molecule has 4 heterocycles. The summed E-state index contributed by atoms with van der Waals surface area (Å²) in [6.45, 7) is 8.70. The van der Waals surface area contributed by atoms with E-state index >= 15 is 0 Å². The quantitative estimate of drug-likeness (QED) is 0.152. The zero-order valence-electron chi connectivity index (χ0n) is 44.4. The zero-order chi connectivity index (χ0) is 52.9. The molecule has 5 heteroatoms. The number of aromatic nitrogens is 5. The van der Waals surface area contributed by atoms with Crippen molar-refractivity contribution in [2.45, 2.75) is 27.7 Å². The molecule has 0 atom stereocenters. The van der Waals surface area contributed by atoms with Crippen molar-refractivity contribution in [2.24, 2.45) is 0 Å². The van der Waals surface area contributed by atoms with Crippen molar-refractivity contribution in [1.82, 2.24) is 23.7 Å². The van der Waals surface area contributed by atoms with Crippen molar-refractivity contribution < 1.29 is 0 Å². The first-order chi connectivity index (χ1) is 38.8. The fourth-order valence-electron chi connectivity index (χ4n) is 12.6. The van der Waals surface area contributed by atoms with E-state index in [2.05, 4.69) is 290 Å². The standard InChI is InChI=1S/C74H53N5/c1-46-15-13-17-53(39-46)66-45-65(75-74(76-66)54-18-14-16-47(2)40-54)51-27-29-52(30-28-51)73-48(3)41-55(42-49(73)4)50-31-33-56(34-32-50)77-71-37-35-57(78-67-23-9-5-19-59(67)60-20-6-10-24-68(60)78)43-63(71)64-44-58(36-38-72(64)77)79-69-25-11-7-21-61(69)62-22-8-12-26-70(62)79/h5-45H,1-4H3. The SMILES string of the molecule is Cc1cccc(-c2cc(-c3ccc(-c4c(C)cc(-c5ccc(-n6c7ccc(-n8c9ccccc9c9ccccc98)cc7c7cc(-n8c9ccccc9c9ccccc98)ccc76)cc5)cc4C)cc3)nc(-c3cccc(C)c3)n2)c1. The highest BCUT2D eigenvalue weighted by atomic mass is 15.0. The second-order valence-electron chi connectivity index (χ2n) is 21.3. The maximum Gasteiger partial charge on any atom is 0.160 e. The van der Waals surface area contributed by atoms with Crippen LogP contribution in [0.25, 0.3) is 139 Å². The summed E-state index contributed by atoms with van der Waals surface area (Å²) in [5.74, 6) is 0.724. The Morgan fingerprint density at radius 3 is 1.14 bits per heavy atom. The monoisotopic (exact) mass is 1010 g/mol. The van der Waals surface area contributed by atoms with Crippen LogP contribution in [0.1, 0.15) is 22.3 Å². The lowest BCUT2D eigenvalue weighted by Crippen LogP contribution is -1.97. The van der Waals surface area contributed by atoms with Crippen molar-refractivity contribution in [2.75, 3.05) is 0 Å². The third kappa shape index (κ3) is 7.68. The second-order valence-corrected chi connectivity index (χ2v) is 21.3. The lowest BCUT2D eigenvalue weighted by Gasteiger charge is -2.15. The fraction of sp³-hybridized carbons (Fsp3) is 0.0541. The van der Waals surface area contributed by atoms with Crippen LogP contribution in [0.2, 0.25) is 0 Å². The first-order valence-corrected chi connectivity index (χ1v) is 27.2. The molecule has 5 nitrogen and oxygen atoms in total. The largest absolute Gasteiger partial charge is 0.309 e. The number of fused-ring (bicyclic) bond motifs is 9. The number of hydrogen-bond donors (Lipinski definition) is 0. The highest BCUT2D eigenvalue weighted by Crippen LogP contribution is 2.41. The molecule has 0 radical (unpaired) electrons. The molecular weight excluding hydrogens is 959 g/mol. The van der Waals surface area contributed by atoms with E-state index in [1.807, 2.05) is 0 Å². The minimum atomic E-state index is 0.724. The molecular formula is C74H53N5. The molecule has 0 fully saturated rings. The van der Waals surface area contributed by atoms with Gasteiger partial charge in [-0.15, -0.1) is 0 Å². The van der Waals surface area contributed by atoms with E-state index < -0.39 is 0 Å². The molecule has 0 amide bonds. The van der Waals surface area contributed by atoms with Gasteiger partial charge in [-0.05, 0) is 152 Å². The molecule has 4 aromatic heterocycles. The number of hydrogen-bond acceptors (Lipinski definition) is 2. The Bertz CT molecular complexity index is 4570. The predicted molar refractivity (Wildman–Crippen MR) is 331 cm³/mol. The third-order valence-corrected chi connectivity index (χ3v) is 16.2. The molecule has 0 aliphatic heterocycles. The van der Waals surface area contributed by atoms with Gasteiger partial charge in [0.15, 0.2) is 5.82 Å². The Balaban J connectivity index is 0.804. The number of para-hydroxylation sites is 4. The molecule has 0 bridgehead atoms. The summed E-state index contributed by atoms with van der Waals surface area (Å²) in [5, 5.41) is 7.42. The Hall–Kier alpha value is -10.1. The molecule has 0 aliphatic carbocycles. The minimum Gasteiger partial charge on any atom is -0.309 e. The van der Waals surface area contributed by atoms with Crippen molar-refractivity contribution in [1.29, 1.82) is 0 Å². The smallest absolute Gasteiger partial charge is 0.160 e. The predicted octanol–water partition coefficient (Wildman–Crippen LogP) is 19.3. The highest BCUT2D eigenvalue weighted by Gasteiger charge is 2.20. The zero-order valence-corrected chi connectivity index (χ0v) is 44.4. The van der Waals surface area contributed by atoms with E-state index in [0.29, 0.717) is 0 Å². The highest BCUT2D eigenvalue weighted by molar-refractivity contribution is 6.14. The van der Waals surface area contributed by atoms with Crippen LogP contribution >= 0.6 is 0 Å². The van der Waals surface area contributed by atoms with E-state index in [-0.39, 0.29) is 0 Å². The second kappa shape index (κ2) is 18.3. The molecule has 79 heavy (non-hydrogen) atoms. The van der Waals surface area contributed by atoms with Gasteiger partial charge in [-0.25, -0.2) is 9.97 Å². The summed E-state index contributed by atoms with van der Waals surface area (Å²) >= 11 is 0. The van der Waals surface area contributed by atoms with Crippen molar-refractivity contribution in [3.8, 4) is 73.2 Å². The van der Waals surface area contributed by atoms with Gasteiger partial charge < -0.3 is 13.7 Å². The molecule has 374 valence electrons. The number of aryl methyl sites for hydroxylation is 4. The number of benzene rings is 11. The Morgan fingerprint density at radius 2 is 0.646 bits per heavy atom. The van der Waals surface area contributed by atoms with Gasteiger partial charge in [0.2, 0.25) is 0 Å². The normalized spacial score (nSPS) is 11.8. The van der Waals surface area contributed by atoms with Crippen LogP contribution in [0, 0.1) is 27.7 Å². The maximum atomic E-state index is 5.15. The van der Waals surface area contributed by atoms with Gasteiger partial charge in [0.25, 0.3) is 0 Å². The third-order valence-electron chi connectivity index (χ3n) is 16.2. The topological polar surface area (TPSA) is 40.6 Å². The lowest BCUT2D eigenvalue weighted by atomic mass is 9.91. The van der Waals surface area contributed by atoms with Crippen molar-refractivity contribution in [3.63, 3.8) is 0 Å². The van der Waals surface area contributed by atoms with E-state index in [4.69, 9.17) is 9.97 Å². The first kappa shape index (κ1) is 46.2. The Kier molecular flexibility index (Phi) is 10.7. The Labute approximate surface area is 458 Å². The molecule has 0 spiro atoms. The van der Waals surface area contributed by atoms with Crippen molar-refractivity contribution >= 4 is 65.4 Å². The maximum absolute atomic E-state index is 5.15. The van der Waals surface area contributed by atoms with Gasteiger partial charge in [0.05, 0.1) is 44.5 Å². The van der Waals surface area contributed by atoms with Crippen LogP contribution < -0.4 is 0 Å². The summed E-state index contributed by atoms with van der Waals surface area (Å²) in [6, 6.07) is 90.9. The molecule has 15 rings (SSSR count). The molecule has 11 aromatic carbocycles. The molecule has 0 N–H and O–H groups in total. The molecule has 15 aromatic rings. The van der Waals surface area contributed by atoms with Crippen LogP contribution in [0.5, 0.6) is 0 Å². The fourth-order valence-corrected chi connectivity index (χ4v) is 12.6. The minimum absolute atomic E-state index is 0.724. The van der Waals surface area contributed by atoms with Crippen LogP contribution in [-0.2, 0) is 0 Å². The van der Waals surface area contributed by atoms with E-state index in [1.54, 1.807) is 0 Å². The Morgan fingerprint density at radius 1 is 0.253 bits per heavy atom. The molecule has 0 saturated carbocycles. The average molecular weight is 1010 g/mol. The van der Waals surface area contributed by atoms with Gasteiger partial charge >= 0.3 is 0 Å². The van der Waals surface area contributed by atoms with Crippen LogP contribution in [-0.4, -0.2) is 23.7 Å². The summed E-state index contributed by atoms with van der Waals surface area (Å²) in [5.41, 5.74) is 25.1. The van der Waals surface area contributed by atoms with E-state index in [9.17, 15) is 0 Å². The number of rotatable bonds is 8. The van der Waals surface area contributed by atoms with Crippen LogP contribution in [0.4, 0.5) is 0 Å².